The molecule has 0 saturated carbocycles. The third-order valence-electron chi connectivity index (χ3n) is 2.67. The molecule has 0 bridgehead atoms. The van der Waals surface area contributed by atoms with Crippen LogP contribution in [-0.4, -0.2) is 11.5 Å². The molecule has 3 nitrogen and oxygen atoms in total. The standard InChI is InChI=1S/C14H14ClO3P/c1-2-18-19(16,17)14-6-4-3-5-13(14)11-7-9-12(15)10-8-11/h3-10H,2H2,1H3,(H,16,17). The number of rotatable bonds is 4. The van der Waals surface area contributed by atoms with Crippen molar-refractivity contribution in [2.45, 2.75) is 6.92 Å². The molecule has 5 heteroatoms. The Hall–Kier alpha value is -1.12. The minimum atomic E-state index is -3.79. The van der Waals surface area contributed by atoms with Gasteiger partial charge in [-0.25, -0.2) is 0 Å². The Morgan fingerprint density at radius 3 is 2.42 bits per heavy atom. The Labute approximate surface area is 117 Å². The SMILES string of the molecule is CCOP(=O)(O)c1ccccc1-c1ccc(Cl)cc1. The third-order valence-corrected chi connectivity index (χ3v) is 4.53. The first kappa shape index (κ1) is 14.3. The van der Waals surface area contributed by atoms with Gasteiger partial charge in [0, 0.05) is 5.02 Å². The zero-order valence-electron chi connectivity index (χ0n) is 10.4. The maximum Gasteiger partial charge on any atom is 0.359 e. The van der Waals surface area contributed by atoms with Crippen molar-refractivity contribution in [2.24, 2.45) is 0 Å². The van der Waals surface area contributed by atoms with E-state index in [0.717, 1.165) is 5.56 Å². The first-order valence-corrected chi connectivity index (χ1v) is 7.83. The van der Waals surface area contributed by atoms with Gasteiger partial charge in [0.1, 0.15) is 0 Å². The number of hydrogen-bond acceptors (Lipinski definition) is 2. The van der Waals surface area contributed by atoms with Crippen LogP contribution in [0, 0.1) is 0 Å². The maximum absolute atomic E-state index is 12.2. The Bertz CT molecular complexity index is 610. The van der Waals surface area contributed by atoms with Crippen LogP contribution in [0.2, 0.25) is 5.02 Å². The van der Waals surface area contributed by atoms with Gasteiger partial charge in [0.15, 0.2) is 0 Å². The van der Waals surface area contributed by atoms with E-state index in [1.807, 2.05) is 18.2 Å². The normalized spacial score (nSPS) is 14.1. The van der Waals surface area contributed by atoms with E-state index in [1.54, 1.807) is 37.3 Å². The van der Waals surface area contributed by atoms with Crippen LogP contribution in [0.15, 0.2) is 48.5 Å². The molecule has 0 radical (unpaired) electrons. The lowest BCUT2D eigenvalue weighted by molar-refractivity contribution is 0.284. The second kappa shape index (κ2) is 5.89. The monoisotopic (exact) mass is 296 g/mol. The van der Waals surface area contributed by atoms with E-state index in [-0.39, 0.29) is 6.61 Å². The molecule has 2 rings (SSSR count). The van der Waals surface area contributed by atoms with Crippen molar-refractivity contribution in [1.29, 1.82) is 0 Å². The predicted molar refractivity (Wildman–Crippen MR) is 78.0 cm³/mol. The summed E-state index contributed by atoms with van der Waals surface area (Å²) in [5.74, 6) is 0. The van der Waals surface area contributed by atoms with Crippen LogP contribution in [0.4, 0.5) is 0 Å². The smallest absolute Gasteiger partial charge is 0.321 e. The zero-order valence-corrected chi connectivity index (χ0v) is 12.1. The van der Waals surface area contributed by atoms with Crippen LogP contribution in [0.5, 0.6) is 0 Å². The minimum Gasteiger partial charge on any atom is -0.321 e. The molecule has 2 aromatic rings. The summed E-state index contributed by atoms with van der Waals surface area (Å²) in [4.78, 5) is 9.99. The molecule has 1 unspecified atom stereocenters. The average molecular weight is 297 g/mol. The molecule has 0 fully saturated rings. The topological polar surface area (TPSA) is 46.5 Å². The molecule has 2 aromatic carbocycles. The molecule has 1 atom stereocenters. The van der Waals surface area contributed by atoms with Crippen molar-refractivity contribution < 1.29 is 14.0 Å². The largest absolute Gasteiger partial charge is 0.359 e. The molecule has 0 spiro atoms. The number of hydrogen-bond donors (Lipinski definition) is 1. The van der Waals surface area contributed by atoms with Gasteiger partial charge in [-0.3, -0.25) is 4.57 Å². The van der Waals surface area contributed by atoms with E-state index in [4.69, 9.17) is 16.1 Å². The molecule has 0 saturated heterocycles. The highest BCUT2D eigenvalue weighted by molar-refractivity contribution is 7.61. The number of benzene rings is 2. The van der Waals surface area contributed by atoms with Gasteiger partial charge < -0.3 is 9.42 Å². The summed E-state index contributed by atoms with van der Waals surface area (Å²) in [5.41, 5.74) is 1.51. The lowest BCUT2D eigenvalue weighted by Crippen LogP contribution is -2.10. The van der Waals surface area contributed by atoms with Gasteiger partial charge in [0.05, 0.1) is 11.9 Å². The fourth-order valence-corrected chi connectivity index (χ4v) is 3.24. The predicted octanol–water partition coefficient (Wildman–Crippen LogP) is 3.85. The summed E-state index contributed by atoms with van der Waals surface area (Å²) in [6.45, 7) is 1.87. The summed E-state index contributed by atoms with van der Waals surface area (Å²) >= 11 is 5.85. The summed E-state index contributed by atoms with van der Waals surface area (Å²) in [5, 5.41) is 0.928. The minimum absolute atomic E-state index is 0.183. The van der Waals surface area contributed by atoms with Crippen LogP contribution in [0.3, 0.4) is 0 Å². The lowest BCUT2D eigenvalue weighted by atomic mass is 10.1. The highest BCUT2D eigenvalue weighted by Crippen LogP contribution is 2.43. The van der Waals surface area contributed by atoms with Gasteiger partial charge in [-0.2, -0.15) is 0 Å². The molecular formula is C14H14ClO3P. The van der Waals surface area contributed by atoms with Crippen molar-refractivity contribution in [3.05, 3.63) is 53.6 Å². The van der Waals surface area contributed by atoms with Crippen LogP contribution >= 0.6 is 19.2 Å². The van der Waals surface area contributed by atoms with E-state index in [2.05, 4.69) is 0 Å². The van der Waals surface area contributed by atoms with E-state index < -0.39 is 7.60 Å². The van der Waals surface area contributed by atoms with E-state index >= 15 is 0 Å². The van der Waals surface area contributed by atoms with Crippen molar-refractivity contribution >= 4 is 24.5 Å². The zero-order chi connectivity index (χ0) is 13.9. The molecule has 0 aliphatic heterocycles. The van der Waals surface area contributed by atoms with Gasteiger partial charge in [0.25, 0.3) is 0 Å². The third kappa shape index (κ3) is 3.26. The molecule has 0 aliphatic carbocycles. The Morgan fingerprint density at radius 2 is 1.79 bits per heavy atom. The first-order chi connectivity index (χ1) is 9.04. The molecule has 100 valence electrons. The number of halogens is 1. The maximum atomic E-state index is 12.2. The molecule has 19 heavy (non-hydrogen) atoms. The van der Waals surface area contributed by atoms with Crippen LogP contribution in [-0.2, 0) is 9.09 Å². The van der Waals surface area contributed by atoms with E-state index in [0.29, 0.717) is 15.9 Å². The van der Waals surface area contributed by atoms with Crippen molar-refractivity contribution in [1.82, 2.24) is 0 Å². The van der Waals surface area contributed by atoms with Crippen molar-refractivity contribution in [3.63, 3.8) is 0 Å². The lowest BCUT2D eigenvalue weighted by Gasteiger charge is -2.15. The van der Waals surface area contributed by atoms with Crippen molar-refractivity contribution in [2.75, 3.05) is 6.61 Å². The van der Waals surface area contributed by atoms with Crippen LogP contribution < -0.4 is 5.30 Å². The molecule has 0 heterocycles. The second-order valence-corrected chi connectivity index (χ2v) is 6.18. The second-order valence-electron chi connectivity index (χ2n) is 3.96. The van der Waals surface area contributed by atoms with Crippen LogP contribution in [0.1, 0.15) is 6.92 Å². The van der Waals surface area contributed by atoms with E-state index in [9.17, 15) is 9.46 Å². The average Bonchev–Trinajstić information content (AvgIpc) is 2.39. The van der Waals surface area contributed by atoms with Gasteiger partial charge in [-0.1, -0.05) is 41.9 Å². The highest BCUT2D eigenvalue weighted by Gasteiger charge is 2.25. The fraction of sp³-hybridized carbons (Fsp3) is 0.143. The summed E-state index contributed by atoms with van der Waals surface area (Å²) in [6, 6.07) is 14.1. The van der Waals surface area contributed by atoms with Gasteiger partial charge in [-0.05, 0) is 36.2 Å². The summed E-state index contributed by atoms with van der Waals surface area (Å²) in [6.07, 6.45) is 0. The summed E-state index contributed by atoms with van der Waals surface area (Å²) < 4.78 is 17.2. The highest BCUT2D eigenvalue weighted by atomic mass is 35.5. The van der Waals surface area contributed by atoms with Crippen molar-refractivity contribution in [3.8, 4) is 11.1 Å². The quantitative estimate of drug-likeness (QED) is 0.872. The summed E-state index contributed by atoms with van der Waals surface area (Å²) in [7, 11) is -3.79. The molecule has 0 aromatic heterocycles. The fourth-order valence-electron chi connectivity index (χ4n) is 1.84. The van der Waals surface area contributed by atoms with Crippen LogP contribution in [0.25, 0.3) is 11.1 Å². The van der Waals surface area contributed by atoms with Gasteiger partial charge >= 0.3 is 7.60 Å². The molecule has 0 amide bonds. The molecule has 0 aliphatic rings. The first-order valence-electron chi connectivity index (χ1n) is 5.87. The van der Waals surface area contributed by atoms with E-state index in [1.165, 1.54) is 0 Å². The van der Waals surface area contributed by atoms with Gasteiger partial charge in [-0.15, -0.1) is 0 Å². The Kier molecular flexibility index (Phi) is 4.43. The molecular weight excluding hydrogens is 283 g/mol. The molecule has 1 N–H and O–H groups in total. The van der Waals surface area contributed by atoms with Gasteiger partial charge in [0.2, 0.25) is 0 Å². The Balaban J connectivity index is 2.53. The Morgan fingerprint density at radius 1 is 1.16 bits per heavy atom.